The topological polar surface area (TPSA) is 75.7 Å². The molecule has 0 aliphatic carbocycles. The van der Waals surface area contributed by atoms with Gasteiger partial charge in [0.15, 0.2) is 6.61 Å². The molecule has 144 valence electrons. The molecule has 0 saturated heterocycles. The molecule has 0 saturated carbocycles. The number of nitrogens with zero attached hydrogens (tertiary/aromatic N) is 1. The summed E-state index contributed by atoms with van der Waals surface area (Å²) in [7, 11) is 0. The van der Waals surface area contributed by atoms with Gasteiger partial charge in [-0.15, -0.1) is 0 Å². The predicted octanol–water partition coefficient (Wildman–Crippen LogP) is 4.16. The van der Waals surface area contributed by atoms with Gasteiger partial charge in [-0.25, -0.2) is 4.90 Å². The Morgan fingerprint density at radius 3 is 2.34 bits per heavy atom. The Hall–Kier alpha value is -3.64. The van der Waals surface area contributed by atoms with Gasteiger partial charge in [-0.05, 0) is 42.5 Å². The van der Waals surface area contributed by atoms with Crippen molar-refractivity contribution >= 4 is 40.7 Å². The van der Waals surface area contributed by atoms with Crippen LogP contribution in [0.4, 0.5) is 11.4 Å². The van der Waals surface area contributed by atoms with E-state index in [1.165, 1.54) is 12.1 Å². The molecule has 1 N–H and O–H groups in total. The maximum Gasteiger partial charge on any atom is 0.266 e. The first-order valence-electron chi connectivity index (χ1n) is 8.79. The van der Waals surface area contributed by atoms with Gasteiger partial charge in [0.25, 0.3) is 17.7 Å². The Morgan fingerprint density at radius 1 is 0.897 bits per heavy atom. The molecule has 3 amide bonds. The zero-order valence-corrected chi connectivity index (χ0v) is 15.8. The van der Waals surface area contributed by atoms with Gasteiger partial charge in [0.1, 0.15) is 5.75 Å². The number of hydrogen-bond donors (Lipinski definition) is 1. The van der Waals surface area contributed by atoms with Crippen LogP contribution in [-0.4, -0.2) is 24.3 Å². The van der Waals surface area contributed by atoms with Gasteiger partial charge in [0.2, 0.25) is 0 Å². The minimum atomic E-state index is -0.431. The van der Waals surface area contributed by atoms with Gasteiger partial charge in [-0.1, -0.05) is 41.9 Å². The van der Waals surface area contributed by atoms with Crippen molar-refractivity contribution in [2.75, 3.05) is 16.8 Å². The molecular weight excluding hydrogens is 392 g/mol. The number of carbonyl (C=O) groups is 3. The van der Waals surface area contributed by atoms with Crippen LogP contribution in [0.1, 0.15) is 20.7 Å². The lowest BCUT2D eigenvalue weighted by atomic mass is 10.1. The van der Waals surface area contributed by atoms with Gasteiger partial charge >= 0.3 is 0 Å². The highest BCUT2D eigenvalue weighted by Crippen LogP contribution is 2.30. The highest BCUT2D eigenvalue weighted by Gasteiger charge is 2.36. The number of nitrogens with one attached hydrogen (secondary N) is 1. The van der Waals surface area contributed by atoms with E-state index in [2.05, 4.69) is 5.32 Å². The number of rotatable bonds is 5. The van der Waals surface area contributed by atoms with Crippen molar-refractivity contribution in [1.29, 1.82) is 0 Å². The van der Waals surface area contributed by atoms with E-state index in [1.807, 2.05) is 0 Å². The normalized spacial score (nSPS) is 12.7. The number of imide groups is 1. The van der Waals surface area contributed by atoms with E-state index in [0.717, 1.165) is 4.90 Å². The Labute approximate surface area is 171 Å². The average Bonchev–Trinajstić information content (AvgIpc) is 2.98. The largest absolute Gasteiger partial charge is 0.482 e. The van der Waals surface area contributed by atoms with Crippen molar-refractivity contribution < 1.29 is 19.1 Å². The van der Waals surface area contributed by atoms with Crippen LogP contribution in [0.3, 0.4) is 0 Å². The van der Waals surface area contributed by atoms with Gasteiger partial charge in [-0.3, -0.25) is 14.4 Å². The highest BCUT2D eigenvalue weighted by atomic mass is 35.5. The molecular formula is C22H15ClN2O4. The zero-order valence-electron chi connectivity index (χ0n) is 15.1. The van der Waals surface area contributed by atoms with Crippen LogP contribution in [0.25, 0.3) is 0 Å². The quantitative estimate of drug-likeness (QED) is 0.645. The maximum absolute atomic E-state index is 12.7. The number of anilines is 2. The summed E-state index contributed by atoms with van der Waals surface area (Å²) in [5, 5.41) is 3.07. The lowest BCUT2D eigenvalue weighted by Crippen LogP contribution is -2.29. The summed E-state index contributed by atoms with van der Waals surface area (Å²) >= 11 is 5.99. The molecule has 3 aromatic rings. The number of fused-ring (bicyclic) bond motifs is 1. The molecule has 0 unspecified atom stereocenters. The number of carbonyl (C=O) groups excluding carboxylic acids is 3. The Kier molecular flexibility index (Phi) is 5.01. The Morgan fingerprint density at radius 2 is 1.59 bits per heavy atom. The van der Waals surface area contributed by atoms with Crippen LogP contribution in [-0.2, 0) is 4.79 Å². The SMILES string of the molecule is O=C(COc1ccccc1Cl)Nc1ccc2c(c1)C(=O)N(c1ccccc1)C2=O. The zero-order chi connectivity index (χ0) is 20.4. The van der Waals surface area contributed by atoms with Crippen molar-refractivity contribution in [3.8, 4) is 5.75 Å². The number of benzene rings is 3. The van der Waals surface area contributed by atoms with Gasteiger partial charge in [0, 0.05) is 5.69 Å². The number of hydrogen-bond acceptors (Lipinski definition) is 4. The molecule has 7 heteroatoms. The summed E-state index contributed by atoms with van der Waals surface area (Å²) in [4.78, 5) is 38.7. The van der Waals surface area contributed by atoms with Crippen LogP contribution in [0.2, 0.25) is 5.02 Å². The predicted molar refractivity (Wildman–Crippen MR) is 110 cm³/mol. The highest BCUT2D eigenvalue weighted by molar-refractivity contribution is 6.34. The molecule has 29 heavy (non-hydrogen) atoms. The Balaban J connectivity index is 1.48. The summed E-state index contributed by atoms with van der Waals surface area (Å²) in [6.45, 7) is -0.246. The van der Waals surface area contributed by atoms with Crippen molar-refractivity contribution in [2.45, 2.75) is 0 Å². The molecule has 0 atom stereocenters. The third-order valence-electron chi connectivity index (χ3n) is 4.38. The summed E-state index contributed by atoms with van der Waals surface area (Å²) in [5.41, 5.74) is 1.43. The van der Waals surface area contributed by atoms with Crippen molar-refractivity contribution in [1.82, 2.24) is 0 Å². The molecule has 1 aliphatic heterocycles. The first kappa shape index (κ1) is 18.7. The minimum Gasteiger partial charge on any atom is -0.482 e. The lowest BCUT2D eigenvalue weighted by molar-refractivity contribution is -0.118. The fourth-order valence-corrected chi connectivity index (χ4v) is 3.22. The second-order valence-corrected chi connectivity index (χ2v) is 6.72. The molecule has 0 spiro atoms. The summed E-state index contributed by atoms with van der Waals surface area (Å²) in [6.07, 6.45) is 0. The summed E-state index contributed by atoms with van der Waals surface area (Å²) in [5.74, 6) is -0.838. The third-order valence-corrected chi connectivity index (χ3v) is 4.69. The molecule has 4 rings (SSSR count). The molecule has 3 aromatic carbocycles. The maximum atomic E-state index is 12.7. The van der Waals surface area contributed by atoms with Crippen molar-refractivity contribution in [2.24, 2.45) is 0 Å². The number of para-hydroxylation sites is 2. The minimum absolute atomic E-state index is 0.240. The van der Waals surface area contributed by atoms with Gasteiger partial charge in [0.05, 0.1) is 21.8 Å². The van der Waals surface area contributed by atoms with E-state index in [-0.39, 0.29) is 12.2 Å². The van der Waals surface area contributed by atoms with E-state index in [4.69, 9.17) is 16.3 Å². The molecule has 0 radical (unpaired) electrons. The van der Waals surface area contributed by atoms with Gasteiger partial charge < -0.3 is 10.1 Å². The van der Waals surface area contributed by atoms with Crippen LogP contribution in [0.15, 0.2) is 72.8 Å². The molecule has 0 aromatic heterocycles. The lowest BCUT2D eigenvalue weighted by Gasteiger charge is -2.13. The van der Waals surface area contributed by atoms with Crippen LogP contribution in [0, 0.1) is 0 Å². The van der Waals surface area contributed by atoms with E-state index >= 15 is 0 Å². The molecule has 0 bridgehead atoms. The first-order chi connectivity index (χ1) is 14.0. The number of amides is 3. The molecule has 6 nitrogen and oxygen atoms in total. The van der Waals surface area contributed by atoms with E-state index in [0.29, 0.717) is 27.7 Å². The summed E-state index contributed by atoms with van der Waals surface area (Å²) in [6, 6.07) is 20.1. The second kappa shape index (κ2) is 7.77. The van der Waals surface area contributed by atoms with Crippen molar-refractivity contribution in [3.05, 3.63) is 88.9 Å². The van der Waals surface area contributed by atoms with Crippen LogP contribution >= 0.6 is 11.6 Å². The second-order valence-electron chi connectivity index (χ2n) is 6.31. The van der Waals surface area contributed by atoms with E-state index in [1.54, 1.807) is 60.7 Å². The van der Waals surface area contributed by atoms with Crippen molar-refractivity contribution in [3.63, 3.8) is 0 Å². The third kappa shape index (κ3) is 3.70. The van der Waals surface area contributed by atoms with Gasteiger partial charge in [-0.2, -0.15) is 0 Å². The average molecular weight is 407 g/mol. The monoisotopic (exact) mass is 406 g/mol. The van der Waals surface area contributed by atoms with E-state index < -0.39 is 17.7 Å². The fourth-order valence-electron chi connectivity index (χ4n) is 3.03. The molecule has 0 fully saturated rings. The molecule has 1 heterocycles. The van der Waals surface area contributed by atoms with Crippen LogP contribution < -0.4 is 15.0 Å². The number of halogens is 1. The number of ether oxygens (including phenoxy) is 1. The van der Waals surface area contributed by atoms with E-state index in [9.17, 15) is 14.4 Å². The summed E-state index contributed by atoms with van der Waals surface area (Å²) < 4.78 is 5.40. The molecule has 1 aliphatic rings. The van der Waals surface area contributed by atoms with Crippen LogP contribution in [0.5, 0.6) is 5.75 Å². The first-order valence-corrected chi connectivity index (χ1v) is 9.17. The smallest absolute Gasteiger partial charge is 0.266 e. The standard InChI is InChI=1S/C22H15ClN2O4/c23-18-8-4-5-9-19(18)29-13-20(26)24-14-10-11-16-17(12-14)22(28)25(21(16)27)15-6-2-1-3-7-15/h1-12H,13H2,(H,24,26). The Bertz CT molecular complexity index is 1110. The fraction of sp³-hybridized carbons (Fsp3) is 0.0455.